The Morgan fingerprint density at radius 1 is 1.27 bits per heavy atom. The van der Waals surface area contributed by atoms with E-state index in [-0.39, 0.29) is 0 Å². The summed E-state index contributed by atoms with van der Waals surface area (Å²) in [5, 5.41) is 0.833. The van der Waals surface area contributed by atoms with Crippen LogP contribution < -0.4 is 5.19 Å². The third-order valence-corrected chi connectivity index (χ3v) is 4.29. The monoisotopic (exact) mass is 232 g/mol. The number of halogens is 2. The molecule has 0 aliphatic rings. The van der Waals surface area contributed by atoms with Crippen LogP contribution in [0.5, 0.6) is 0 Å². The van der Waals surface area contributed by atoms with Gasteiger partial charge < -0.3 is 4.11 Å². The molecule has 0 aliphatic heterocycles. The summed E-state index contributed by atoms with van der Waals surface area (Å²) >= 11 is 3.33. The molecule has 0 heterocycles. The van der Waals surface area contributed by atoms with E-state index in [1.165, 1.54) is 0 Å². The van der Waals surface area contributed by atoms with Gasteiger partial charge in [0.15, 0.2) is 0 Å². The van der Waals surface area contributed by atoms with Crippen molar-refractivity contribution >= 4 is 29.5 Å². The maximum absolute atomic E-state index is 13.5. The highest BCUT2D eigenvalue weighted by Gasteiger charge is 2.25. The molecule has 1 aromatic carbocycles. The Kier molecular flexibility index (Phi) is 2.49. The molecule has 0 unspecified atom stereocenters. The average Bonchev–Trinajstić information content (AvgIpc) is 1.86. The van der Waals surface area contributed by atoms with E-state index in [2.05, 4.69) is 15.9 Å². The van der Waals surface area contributed by atoms with Gasteiger partial charge in [0.2, 0.25) is 0 Å². The SMILES string of the molecule is C[Si](C)(F)c1ccccc1Br. The number of rotatable bonds is 1. The molecule has 1 aromatic rings. The quantitative estimate of drug-likeness (QED) is 0.517. The second-order valence-corrected chi connectivity index (χ2v) is 7.29. The lowest BCUT2D eigenvalue weighted by Gasteiger charge is -2.12. The third kappa shape index (κ3) is 2.14. The summed E-state index contributed by atoms with van der Waals surface area (Å²) < 4.78 is 14.4. The van der Waals surface area contributed by atoms with Gasteiger partial charge in [0.05, 0.1) is 0 Å². The van der Waals surface area contributed by atoms with Crippen molar-refractivity contribution in [2.45, 2.75) is 13.1 Å². The van der Waals surface area contributed by atoms with Gasteiger partial charge in [-0.3, -0.25) is 0 Å². The van der Waals surface area contributed by atoms with Crippen molar-refractivity contribution in [1.82, 2.24) is 0 Å². The molecule has 0 fully saturated rings. The predicted molar refractivity (Wildman–Crippen MR) is 52.4 cm³/mol. The second-order valence-electron chi connectivity index (χ2n) is 2.95. The maximum Gasteiger partial charge on any atom is 0.272 e. The first-order valence-corrected chi connectivity index (χ1v) is 7.13. The lowest BCUT2D eigenvalue weighted by Crippen LogP contribution is -2.37. The number of hydrogen-bond acceptors (Lipinski definition) is 0. The van der Waals surface area contributed by atoms with Gasteiger partial charge in [0, 0.05) is 4.47 Å². The fourth-order valence-corrected chi connectivity index (χ4v) is 3.79. The Hall–Kier alpha value is -0.153. The van der Waals surface area contributed by atoms with Gasteiger partial charge in [-0.15, -0.1) is 0 Å². The van der Waals surface area contributed by atoms with Crippen LogP contribution in [0.2, 0.25) is 13.1 Å². The van der Waals surface area contributed by atoms with Crippen LogP contribution in [0.1, 0.15) is 0 Å². The summed E-state index contributed by atoms with van der Waals surface area (Å²) in [7, 11) is -2.62. The van der Waals surface area contributed by atoms with Crippen molar-refractivity contribution in [2.75, 3.05) is 0 Å². The first-order chi connectivity index (χ1) is 5.02. The molecule has 0 amide bonds. The van der Waals surface area contributed by atoms with E-state index < -0.39 is 8.41 Å². The summed E-state index contributed by atoms with van der Waals surface area (Å²) in [5.74, 6) is 0. The van der Waals surface area contributed by atoms with E-state index in [1.807, 2.05) is 24.3 Å². The van der Waals surface area contributed by atoms with Gasteiger partial charge in [-0.1, -0.05) is 34.1 Å². The minimum atomic E-state index is -2.62. The molecule has 0 N–H and O–H groups in total. The molecule has 0 spiro atoms. The highest BCUT2D eigenvalue weighted by Crippen LogP contribution is 2.13. The summed E-state index contributed by atoms with van der Waals surface area (Å²) in [6.45, 7) is 3.38. The van der Waals surface area contributed by atoms with Gasteiger partial charge in [-0.25, -0.2) is 0 Å². The van der Waals surface area contributed by atoms with Gasteiger partial charge in [-0.2, -0.15) is 0 Å². The molecular weight excluding hydrogens is 223 g/mol. The zero-order valence-electron chi connectivity index (χ0n) is 6.57. The molecule has 0 bridgehead atoms. The fourth-order valence-electron chi connectivity index (χ4n) is 0.943. The molecule has 0 aromatic heterocycles. The topological polar surface area (TPSA) is 0 Å². The largest absolute Gasteiger partial charge is 0.308 e. The molecule has 0 aliphatic carbocycles. The van der Waals surface area contributed by atoms with E-state index in [9.17, 15) is 4.11 Å². The summed E-state index contributed by atoms with van der Waals surface area (Å²) in [5.41, 5.74) is 0. The van der Waals surface area contributed by atoms with Crippen LogP contribution in [0, 0.1) is 0 Å². The molecular formula is C8H10BrFSi. The molecule has 0 atom stereocenters. The molecule has 11 heavy (non-hydrogen) atoms. The summed E-state index contributed by atoms with van der Waals surface area (Å²) in [4.78, 5) is 0. The standard InChI is InChI=1S/C8H10BrFSi/c1-11(2,10)8-6-4-3-5-7(8)9/h3-6H,1-2H3. The van der Waals surface area contributed by atoms with Crippen LogP contribution in [-0.2, 0) is 0 Å². The lowest BCUT2D eigenvalue weighted by atomic mass is 10.4. The maximum atomic E-state index is 13.5. The molecule has 0 saturated carbocycles. The zero-order chi connectivity index (χ0) is 8.48. The molecule has 3 heteroatoms. The minimum Gasteiger partial charge on any atom is -0.308 e. The van der Waals surface area contributed by atoms with Crippen LogP contribution in [0.15, 0.2) is 28.7 Å². The van der Waals surface area contributed by atoms with Crippen molar-refractivity contribution in [3.05, 3.63) is 28.7 Å². The Morgan fingerprint density at radius 2 is 1.82 bits per heavy atom. The predicted octanol–water partition coefficient (Wildman–Crippen LogP) is 2.83. The number of benzene rings is 1. The van der Waals surface area contributed by atoms with Crippen LogP contribution in [-0.4, -0.2) is 8.41 Å². The third-order valence-electron chi connectivity index (χ3n) is 1.51. The Morgan fingerprint density at radius 3 is 2.18 bits per heavy atom. The van der Waals surface area contributed by atoms with Crippen LogP contribution in [0.4, 0.5) is 4.11 Å². The second kappa shape index (κ2) is 3.07. The van der Waals surface area contributed by atoms with Gasteiger partial charge in [0.25, 0.3) is 8.41 Å². The Bertz CT molecular complexity index is 255. The van der Waals surface area contributed by atoms with Crippen molar-refractivity contribution in [2.24, 2.45) is 0 Å². The Balaban J connectivity index is 3.14. The van der Waals surface area contributed by atoms with E-state index in [0.717, 1.165) is 9.66 Å². The first-order valence-electron chi connectivity index (χ1n) is 3.46. The van der Waals surface area contributed by atoms with Crippen molar-refractivity contribution < 1.29 is 4.11 Å². The van der Waals surface area contributed by atoms with Crippen LogP contribution >= 0.6 is 15.9 Å². The number of hydrogen-bond donors (Lipinski definition) is 0. The van der Waals surface area contributed by atoms with Crippen molar-refractivity contribution in [1.29, 1.82) is 0 Å². The van der Waals surface area contributed by atoms with Gasteiger partial charge in [0.1, 0.15) is 0 Å². The molecule has 0 saturated heterocycles. The normalized spacial score (nSPS) is 11.6. The highest BCUT2D eigenvalue weighted by molar-refractivity contribution is 9.10. The van der Waals surface area contributed by atoms with Crippen LogP contribution in [0.25, 0.3) is 0 Å². The first kappa shape index (κ1) is 8.94. The van der Waals surface area contributed by atoms with Gasteiger partial charge >= 0.3 is 0 Å². The van der Waals surface area contributed by atoms with E-state index in [1.54, 1.807) is 13.1 Å². The molecule has 0 nitrogen and oxygen atoms in total. The van der Waals surface area contributed by atoms with E-state index in [0.29, 0.717) is 0 Å². The van der Waals surface area contributed by atoms with Crippen molar-refractivity contribution in [3.63, 3.8) is 0 Å². The molecule has 0 radical (unpaired) electrons. The van der Waals surface area contributed by atoms with Gasteiger partial charge in [-0.05, 0) is 24.3 Å². The molecule has 60 valence electrons. The summed E-state index contributed by atoms with van der Waals surface area (Å²) in [6.07, 6.45) is 0. The van der Waals surface area contributed by atoms with E-state index >= 15 is 0 Å². The highest BCUT2D eigenvalue weighted by atomic mass is 79.9. The summed E-state index contributed by atoms with van der Waals surface area (Å²) in [6, 6.07) is 7.49. The lowest BCUT2D eigenvalue weighted by molar-refractivity contribution is 0.821. The van der Waals surface area contributed by atoms with E-state index in [4.69, 9.17) is 0 Å². The smallest absolute Gasteiger partial charge is 0.272 e. The van der Waals surface area contributed by atoms with Crippen molar-refractivity contribution in [3.8, 4) is 0 Å². The fraction of sp³-hybridized carbons (Fsp3) is 0.250. The minimum absolute atomic E-state index is 0.833. The zero-order valence-corrected chi connectivity index (χ0v) is 9.15. The molecule has 1 rings (SSSR count). The van der Waals surface area contributed by atoms with Crippen LogP contribution in [0.3, 0.4) is 0 Å². The average molecular weight is 233 g/mol. The Labute approximate surface area is 75.7 Å².